The van der Waals surface area contributed by atoms with Crippen LogP contribution in [0.1, 0.15) is 39.5 Å². The monoisotopic (exact) mass is 341 g/mol. The molecule has 7 nitrogen and oxygen atoms in total. The number of carbonyl (C=O) groups is 1. The molecule has 0 N–H and O–H groups in total. The summed E-state index contributed by atoms with van der Waals surface area (Å²) in [6.45, 7) is 7.13. The summed E-state index contributed by atoms with van der Waals surface area (Å²) in [7, 11) is 6.57. The van der Waals surface area contributed by atoms with E-state index in [2.05, 4.69) is 31.3 Å². The van der Waals surface area contributed by atoms with Gasteiger partial charge in [-0.15, -0.1) is 0 Å². The van der Waals surface area contributed by atoms with Gasteiger partial charge in [-0.1, -0.05) is 5.16 Å². The van der Waals surface area contributed by atoms with E-state index in [4.69, 9.17) is 9.57 Å². The van der Waals surface area contributed by atoms with Crippen LogP contribution in [0.2, 0.25) is 0 Å². The van der Waals surface area contributed by atoms with Gasteiger partial charge in [0.1, 0.15) is 6.10 Å². The summed E-state index contributed by atoms with van der Waals surface area (Å²) in [5.41, 5.74) is 1.15. The number of quaternary nitrogens is 1. The van der Waals surface area contributed by atoms with Gasteiger partial charge in [-0.2, -0.15) is 5.01 Å². The average Bonchev–Trinajstić information content (AvgIpc) is 2.52. The van der Waals surface area contributed by atoms with Crippen LogP contribution in [-0.4, -0.2) is 85.8 Å². The van der Waals surface area contributed by atoms with E-state index < -0.39 is 0 Å². The molecule has 1 amide bonds. The number of hydrogen-bond donors (Lipinski definition) is 0. The number of piperidine rings is 2. The van der Waals surface area contributed by atoms with Crippen molar-refractivity contribution in [2.45, 2.75) is 51.7 Å². The summed E-state index contributed by atoms with van der Waals surface area (Å²) in [5.74, 6) is 0. The molecule has 7 heteroatoms. The molecule has 2 rings (SSSR count). The number of oxime groups is 1. The van der Waals surface area contributed by atoms with Gasteiger partial charge in [0.25, 0.3) is 0 Å². The van der Waals surface area contributed by atoms with Crippen LogP contribution in [0.4, 0.5) is 4.79 Å². The first-order valence-electron chi connectivity index (χ1n) is 8.99. The number of nitrogens with zero attached hydrogens (tertiary/aromatic N) is 4. The average molecular weight is 341 g/mol. The van der Waals surface area contributed by atoms with Gasteiger partial charge < -0.3 is 14.5 Å². The third-order valence-electron chi connectivity index (χ3n) is 4.53. The predicted molar refractivity (Wildman–Crippen MR) is 93.6 cm³/mol. The molecule has 0 radical (unpaired) electrons. The lowest BCUT2D eigenvalue weighted by Gasteiger charge is -2.38. The highest BCUT2D eigenvalue weighted by molar-refractivity contribution is 5.84. The number of ether oxygens (including phenoxy) is 1. The van der Waals surface area contributed by atoms with E-state index in [0.717, 1.165) is 49.1 Å². The van der Waals surface area contributed by atoms with E-state index in [1.165, 1.54) is 0 Å². The summed E-state index contributed by atoms with van der Waals surface area (Å²) in [4.78, 5) is 19.4. The molecule has 0 bridgehead atoms. The van der Waals surface area contributed by atoms with Crippen LogP contribution in [0.5, 0.6) is 0 Å². The van der Waals surface area contributed by atoms with Gasteiger partial charge in [-0.05, 0) is 13.8 Å². The van der Waals surface area contributed by atoms with Crippen molar-refractivity contribution in [3.8, 4) is 0 Å². The zero-order chi connectivity index (χ0) is 17.7. The molecule has 2 aliphatic heterocycles. The second kappa shape index (κ2) is 8.16. The Balaban J connectivity index is 1.70. The van der Waals surface area contributed by atoms with Crippen LogP contribution in [-0.2, 0) is 9.57 Å². The number of amides is 1. The molecule has 0 spiro atoms. The standard InChI is InChI=1S/C17H33N4O3/c1-14(2)23-17(22)19-10-8-16(9-11-19)24-18-15-6-12-20(13-7-15)21(3,4)5/h14,16H,6-13H2,1-5H3/q+1. The SMILES string of the molecule is CC(C)OC(=O)N1CCC(ON=C2CCN([N+](C)(C)C)CC2)CC1. The molecule has 0 aromatic carbocycles. The molecule has 2 saturated heterocycles. The molecule has 0 aliphatic carbocycles. The maximum absolute atomic E-state index is 11.9. The summed E-state index contributed by atoms with van der Waals surface area (Å²) >= 11 is 0. The minimum atomic E-state index is -0.220. The van der Waals surface area contributed by atoms with Crippen molar-refractivity contribution in [2.75, 3.05) is 47.3 Å². The molecule has 2 fully saturated rings. The van der Waals surface area contributed by atoms with E-state index in [1.54, 1.807) is 4.90 Å². The molecule has 2 aliphatic rings. The predicted octanol–water partition coefficient (Wildman–Crippen LogP) is 2.09. The molecular formula is C17H33N4O3+. The maximum atomic E-state index is 11.9. The molecule has 0 aromatic rings. The highest BCUT2D eigenvalue weighted by Gasteiger charge is 2.27. The minimum Gasteiger partial charge on any atom is -0.447 e. The molecule has 0 saturated carbocycles. The quantitative estimate of drug-likeness (QED) is 0.580. The Morgan fingerprint density at radius 3 is 2.21 bits per heavy atom. The molecular weight excluding hydrogens is 308 g/mol. The van der Waals surface area contributed by atoms with Gasteiger partial charge in [0.05, 0.1) is 46.0 Å². The van der Waals surface area contributed by atoms with Crippen LogP contribution in [0.3, 0.4) is 0 Å². The minimum absolute atomic E-state index is 0.0736. The number of rotatable bonds is 4. The van der Waals surface area contributed by atoms with Gasteiger partial charge in [0.15, 0.2) is 0 Å². The van der Waals surface area contributed by atoms with E-state index in [9.17, 15) is 4.79 Å². The van der Waals surface area contributed by atoms with Gasteiger partial charge in [-0.25, -0.2) is 4.79 Å². The van der Waals surface area contributed by atoms with Gasteiger partial charge in [0.2, 0.25) is 0 Å². The molecule has 24 heavy (non-hydrogen) atoms. The number of likely N-dealkylation sites (tertiary alicyclic amines) is 1. The topological polar surface area (TPSA) is 54.4 Å². The third kappa shape index (κ3) is 5.63. The fraction of sp³-hybridized carbons (Fsp3) is 0.882. The second-order valence-electron chi connectivity index (χ2n) is 7.78. The molecule has 2 heterocycles. The van der Waals surface area contributed by atoms with Crippen LogP contribution in [0.15, 0.2) is 5.16 Å². The normalized spacial score (nSPS) is 21.1. The van der Waals surface area contributed by atoms with Gasteiger partial charge >= 0.3 is 6.09 Å². The molecule has 0 unspecified atom stereocenters. The van der Waals surface area contributed by atoms with Gasteiger partial charge in [-0.3, -0.25) is 4.59 Å². The zero-order valence-electron chi connectivity index (χ0n) is 15.8. The first kappa shape index (κ1) is 19.0. The first-order chi connectivity index (χ1) is 11.3. The third-order valence-corrected chi connectivity index (χ3v) is 4.53. The van der Waals surface area contributed by atoms with Crippen LogP contribution in [0, 0.1) is 0 Å². The zero-order valence-corrected chi connectivity index (χ0v) is 15.8. The van der Waals surface area contributed by atoms with Crippen molar-refractivity contribution in [1.29, 1.82) is 0 Å². The maximum Gasteiger partial charge on any atom is 0.410 e. The van der Waals surface area contributed by atoms with Crippen molar-refractivity contribution in [3.63, 3.8) is 0 Å². The Morgan fingerprint density at radius 1 is 1.12 bits per heavy atom. The van der Waals surface area contributed by atoms with E-state index in [1.807, 2.05) is 13.8 Å². The van der Waals surface area contributed by atoms with Crippen LogP contribution >= 0.6 is 0 Å². The van der Waals surface area contributed by atoms with E-state index in [0.29, 0.717) is 13.1 Å². The van der Waals surface area contributed by atoms with E-state index in [-0.39, 0.29) is 18.3 Å². The largest absolute Gasteiger partial charge is 0.447 e. The highest BCUT2D eigenvalue weighted by Crippen LogP contribution is 2.17. The van der Waals surface area contributed by atoms with Crippen molar-refractivity contribution < 1.29 is 19.0 Å². The summed E-state index contributed by atoms with van der Waals surface area (Å²) in [6, 6.07) is 0. The fourth-order valence-electron chi connectivity index (χ4n) is 3.01. The van der Waals surface area contributed by atoms with Gasteiger partial charge in [0, 0.05) is 38.8 Å². The Morgan fingerprint density at radius 2 is 1.71 bits per heavy atom. The first-order valence-corrected chi connectivity index (χ1v) is 8.99. The summed E-state index contributed by atoms with van der Waals surface area (Å²) in [5, 5.41) is 6.82. The van der Waals surface area contributed by atoms with Crippen molar-refractivity contribution >= 4 is 11.8 Å². The van der Waals surface area contributed by atoms with Crippen molar-refractivity contribution in [3.05, 3.63) is 0 Å². The number of hydrogen-bond acceptors (Lipinski definition) is 5. The lowest BCUT2D eigenvalue weighted by Crippen LogP contribution is -2.54. The van der Waals surface area contributed by atoms with E-state index >= 15 is 0 Å². The summed E-state index contributed by atoms with van der Waals surface area (Å²) < 4.78 is 6.09. The van der Waals surface area contributed by atoms with Crippen molar-refractivity contribution in [2.24, 2.45) is 5.16 Å². The summed E-state index contributed by atoms with van der Waals surface area (Å²) in [6.07, 6.45) is 3.38. The Kier molecular flexibility index (Phi) is 6.46. The van der Waals surface area contributed by atoms with Crippen LogP contribution in [0.25, 0.3) is 0 Å². The Labute approximate surface area is 145 Å². The number of carbonyl (C=O) groups excluding carboxylic acids is 1. The van der Waals surface area contributed by atoms with Crippen LogP contribution < -0.4 is 0 Å². The Bertz CT molecular complexity index is 441. The lowest BCUT2D eigenvalue weighted by molar-refractivity contribution is -0.987. The van der Waals surface area contributed by atoms with Crippen molar-refractivity contribution in [1.82, 2.24) is 9.91 Å². The Hall–Kier alpha value is -1.34. The second-order valence-corrected chi connectivity index (χ2v) is 7.78. The smallest absolute Gasteiger partial charge is 0.410 e. The fourth-order valence-corrected chi connectivity index (χ4v) is 3.01. The molecule has 0 atom stereocenters. The molecule has 0 aromatic heterocycles. The molecule has 138 valence electrons. The lowest BCUT2D eigenvalue weighted by atomic mass is 10.1. The highest BCUT2D eigenvalue weighted by atomic mass is 16.6.